The van der Waals surface area contributed by atoms with E-state index in [4.69, 9.17) is 25.8 Å². The van der Waals surface area contributed by atoms with Crippen LogP contribution >= 0.6 is 11.6 Å². The van der Waals surface area contributed by atoms with Crippen molar-refractivity contribution in [2.75, 3.05) is 21.3 Å². The largest absolute Gasteiger partial charge is 0.496 e. The molecule has 0 fully saturated rings. The molecule has 2 aromatic carbocycles. The van der Waals surface area contributed by atoms with Crippen molar-refractivity contribution in [2.24, 2.45) is 0 Å². The van der Waals surface area contributed by atoms with E-state index in [0.29, 0.717) is 67.7 Å². The zero-order chi connectivity index (χ0) is 24.9. The van der Waals surface area contributed by atoms with Gasteiger partial charge in [0.2, 0.25) is 5.88 Å². The second-order valence-corrected chi connectivity index (χ2v) is 7.64. The Kier molecular flexibility index (Phi) is 7.03. The van der Waals surface area contributed by atoms with Gasteiger partial charge < -0.3 is 14.2 Å². The van der Waals surface area contributed by atoms with Crippen LogP contribution in [0.15, 0.2) is 54.9 Å². The van der Waals surface area contributed by atoms with Crippen LogP contribution in [-0.4, -0.2) is 48.9 Å². The monoisotopic (exact) mass is 489 g/mol. The van der Waals surface area contributed by atoms with Crippen molar-refractivity contribution in [1.29, 1.82) is 0 Å². The van der Waals surface area contributed by atoms with Crippen LogP contribution in [0, 0.1) is 0 Å². The first-order chi connectivity index (χ1) is 17.1. The lowest BCUT2D eigenvalue weighted by molar-refractivity contribution is 0.111. The molecule has 0 radical (unpaired) electrons. The molecule has 2 heterocycles. The molecule has 4 aromatic rings. The van der Waals surface area contributed by atoms with Gasteiger partial charge in [0.1, 0.15) is 23.5 Å². The molecule has 0 atom stereocenters. The maximum atomic E-state index is 11.3. The standard InChI is InChI=1S/C26H20ClN3O5/c1-33-21-11-15(7-8-16(21)12-31)23-25(34-2)24(29-14-28-23)19-6-4-5-18(22(19)27)20-10-9-17(13-32)26(30-20)35-3/h4-14H,1-3H3. The minimum Gasteiger partial charge on any atom is -0.496 e. The van der Waals surface area contributed by atoms with E-state index in [0.717, 1.165) is 6.29 Å². The first-order valence-electron chi connectivity index (χ1n) is 10.4. The molecule has 2 aromatic heterocycles. The summed E-state index contributed by atoms with van der Waals surface area (Å²) in [7, 11) is 4.46. The summed E-state index contributed by atoms with van der Waals surface area (Å²) >= 11 is 6.84. The molecule has 0 N–H and O–H groups in total. The number of pyridine rings is 1. The van der Waals surface area contributed by atoms with Gasteiger partial charge in [0, 0.05) is 16.7 Å². The Labute approximate surface area is 206 Å². The van der Waals surface area contributed by atoms with Crippen LogP contribution < -0.4 is 14.2 Å². The van der Waals surface area contributed by atoms with Crippen molar-refractivity contribution < 1.29 is 23.8 Å². The molecule has 0 saturated heterocycles. The van der Waals surface area contributed by atoms with E-state index in [-0.39, 0.29) is 5.88 Å². The first-order valence-corrected chi connectivity index (χ1v) is 10.8. The summed E-state index contributed by atoms with van der Waals surface area (Å²) in [5.74, 6) is 1.02. The summed E-state index contributed by atoms with van der Waals surface area (Å²) in [5.41, 5.74) is 4.16. The van der Waals surface area contributed by atoms with Crippen molar-refractivity contribution in [3.05, 3.63) is 71.0 Å². The Morgan fingerprint density at radius 3 is 2.20 bits per heavy atom. The number of hydrogen-bond acceptors (Lipinski definition) is 8. The fourth-order valence-electron chi connectivity index (χ4n) is 3.69. The fourth-order valence-corrected chi connectivity index (χ4v) is 4.00. The van der Waals surface area contributed by atoms with Gasteiger partial charge in [-0.2, -0.15) is 0 Å². The first kappa shape index (κ1) is 23.8. The van der Waals surface area contributed by atoms with E-state index in [1.54, 1.807) is 30.3 Å². The van der Waals surface area contributed by atoms with Crippen LogP contribution in [0.2, 0.25) is 5.02 Å². The number of aromatic nitrogens is 3. The molecular weight excluding hydrogens is 470 g/mol. The molecule has 8 nitrogen and oxygen atoms in total. The second kappa shape index (κ2) is 10.3. The zero-order valence-corrected chi connectivity index (χ0v) is 19.9. The van der Waals surface area contributed by atoms with E-state index < -0.39 is 0 Å². The third-order valence-electron chi connectivity index (χ3n) is 5.38. The number of carbonyl (C=O) groups excluding carboxylic acids is 2. The van der Waals surface area contributed by atoms with E-state index in [1.807, 2.05) is 18.2 Å². The summed E-state index contributed by atoms with van der Waals surface area (Å²) in [6.07, 6.45) is 2.81. The number of methoxy groups -OCH3 is 3. The minimum absolute atomic E-state index is 0.202. The minimum atomic E-state index is 0.202. The summed E-state index contributed by atoms with van der Waals surface area (Å²) in [5, 5.41) is 0.387. The molecule has 9 heteroatoms. The van der Waals surface area contributed by atoms with Gasteiger partial charge >= 0.3 is 0 Å². The Morgan fingerprint density at radius 2 is 1.51 bits per heavy atom. The van der Waals surface area contributed by atoms with Crippen LogP contribution in [0.3, 0.4) is 0 Å². The third kappa shape index (κ3) is 4.43. The number of carbonyl (C=O) groups is 2. The molecule has 0 unspecified atom stereocenters. The van der Waals surface area contributed by atoms with Crippen molar-refractivity contribution >= 4 is 24.2 Å². The number of nitrogens with zero attached hydrogens (tertiary/aromatic N) is 3. The fraction of sp³-hybridized carbons (Fsp3) is 0.115. The predicted octanol–water partition coefficient (Wildman–Crippen LogP) is 5.18. The van der Waals surface area contributed by atoms with Gasteiger partial charge in [-0.3, -0.25) is 9.59 Å². The normalized spacial score (nSPS) is 10.5. The molecule has 0 aliphatic rings. The van der Waals surface area contributed by atoms with Gasteiger partial charge in [0.25, 0.3) is 0 Å². The smallest absolute Gasteiger partial charge is 0.224 e. The van der Waals surface area contributed by atoms with Gasteiger partial charge in [-0.1, -0.05) is 35.9 Å². The summed E-state index contributed by atoms with van der Waals surface area (Å²) in [6, 6.07) is 13.9. The lowest BCUT2D eigenvalue weighted by Gasteiger charge is -2.15. The van der Waals surface area contributed by atoms with E-state index >= 15 is 0 Å². The quantitative estimate of drug-likeness (QED) is 0.312. The number of ether oxygens (including phenoxy) is 3. The Balaban J connectivity index is 1.87. The van der Waals surface area contributed by atoms with Gasteiger partial charge in [0.05, 0.1) is 43.2 Å². The highest BCUT2D eigenvalue weighted by atomic mass is 35.5. The summed E-state index contributed by atoms with van der Waals surface area (Å²) < 4.78 is 16.3. The highest BCUT2D eigenvalue weighted by Gasteiger charge is 2.21. The Bertz CT molecular complexity index is 1420. The summed E-state index contributed by atoms with van der Waals surface area (Å²) in [6.45, 7) is 0. The molecule has 176 valence electrons. The number of halogens is 1. The van der Waals surface area contributed by atoms with Gasteiger partial charge in [0.15, 0.2) is 18.3 Å². The maximum absolute atomic E-state index is 11.3. The Hall–Kier alpha value is -4.30. The van der Waals surface area contributed by atoms with Gasteiger partial charge in [-0.05, 0) is 24.3 Å². The maximum Gasteiger partial charge on any atom is 0.224 e. The van der Waals surface area contributed by atoms with E-state index in [2.05, 4.69) is 15.0 Å². The van der Waals surface area contributed by atoms with E-state index in [1.165, 1.54) is 27.7 Å². The van der Waals surface area contributed by atoms with Crippen LogP contribution in [0.25, 0.3) is 33.8 Å². The average Bonchev–Trinajstić information content (AvgIpc) is 2.91. The molecule has 0 amide bonds. The molecule has 0 aliphatic carbocycles. The predicted molar refractivity (Wildman–Crippen MR) is 132 cm³/mol. The van der Waals surface area contributed by atoms with Crippen molar-refractivity contribution in [3.8, 4) is 51.2 Å². The molecular formula is C26H20ClN3O5. The van der Waals surface area contributed by atoms with Crippen LogP contribution in [0.5, 0.6) is 17.4 Å². The van der Waals surface area contributed by atoms with Gasteiger partial charge in [-0.15, -0.1) is 0 Å². The molecule has 0 saturated carbocycles. The topological polar surface area (TPSA) is 100 Å². The molecule has 0 aliphatic heterocycles. The molecule has 0 spiro atoms. The SMILES string of the molecule is COc1cc(-c2ncnc(-c3cccc(-c4ccc(C=O)c(OC)n4)c3Cl)c2OC)ccc1C=O. The lowest BCUT2D eigenvalue weighted by atomic mass is 10.0. The van der Waals surface area contributed by atoms with Crippen LogP contribution in [0.4, 0.5) is 0 Å². The lowest BCUT2D eigenvalue weighted by Crippen LogP contribution is -2.00. The Morgan fingerprint density at radius 1 is 0.800 bits per heavy atom. The highest BCUT2D eigenvalue weighted by Crippen LogP contribution is 2.42. The van der Waals surface area contributed by atoms with Crippen molar-refractivity contribution in [1.82, 2.24) is 15.0 Å². The second-order valence-electron chi connectivity index (χ2n) is 7.26. The van der Waals surface area contributed by atoms with Crippen molar-refractivity contribution in [2.45, 2.75) is 0 Å². The zero-order valence-electron chi connectivity index (χ0n) is 19.1. The molecule has 0 bridgehead atoms. The summed E-state index contributed by atoms with van der Waals surface area (Å²) in [4.78, 5) is 35.8. The van der Waals surface area contributed by atoms with Crippen LogP contribution in [-0.2, 0) is 0 Å². The van der Waals surface area contributed by atoms with E-state index in [9.17, 15) is 9.59 Å². The van der Waals surface area contributed by atoms with Crippen LogP contribution in [0.1, 0.15) is 20.7 Å². The van der Waals surface area contributed by atoms with Crippen molar-refractivity contribution in [3.63, 3.8) is 0 Å². The number of aldehydes is 2. The number of benzene rings is 2. The molecule has 4 rings (SSSR count). The number of hydrogen-bond donors (Lipinski definition) is 0. The highest BCUT2D eigenvalue weighted by molar-refractivity contribution is 6.36. The third-order valence-corrected chi connectivity index (χ3v) is 5.79. The molecule has 35 heavy (non-hydrogen) atoms. The average molecular weight is 490 g/mol. The van der Waals surface area contributed by atoms with Gasteiger partial charge in [-0.25, -0.2) is 15.0 Å². The number of rotatable bonds is 8.